The summed E-state index contributed by atoms with van der Waals surface area (Å²) in [7, 11) is 0. The van der Waals surface area contributed by atoms with Crippen molar-refractivity contribution in [3.05, 3.63) is 71.8 Å². The summed E-state index contributed by atoms with van der Waals surface area (Å²) in [5.41, 5.74) is 2.57. The SMILES string of the molecule is CC(C)C(C(=O)N[C@H]1CC[C@@H]2CN(CCCc3ccccc3)C[C@@H]21)c1ccccc1. The first-order valence-corrected chi connectivity index (χ1v) is 11.7. The van der Waals surface area contributed by atoms with Gasteiger partial charge in [-0.05, 0) is 61.1 Å². The molecule has 0 bridgehead atoms. The third-order valence-corrected chi connectivity index (χ3v) is 7.15. The summed E-state index contributed by atoms with van der Waals surface area (Å²) in [6.45, 7) is 7.82. The molecule has 0 radical (unpaired) electrons. The van der Waals surface area contributed by atoms with Crippen LogP contribution in [0.1, 0.15) is 50.2 Å². The van der Waals surface area contributed by atoms with E-state index in [1.807, 2.05) is 18.2 Å². The van der Waals surface area contributed by atoms with Crippen molar-refractivity contribution in [3.8, 4) is 0 Å². The van der Waals surface area contributed by atoms with Gasteiger partial charge in [0.2, 0.25) is 5.91 Å². The summed E-state index contributed by atoms with van der Waals surface area (Å²) >= 11 is 0. The molecule has 1 saturated heterocycles. The zero-order valence-electron chi connectivity index (χ0n) is 18.5. The maximum absolute atomic E-state index is 13.2. The second-order valence-corrected chi connectivity index (χ2v) is 9.60. The number of likely N-dealkylation sites (tertiary alicyclic amines) is 1. The van der Waals surface area contributed by atoms with Gasteiger partial charge < -0.3 is 10.2 Å². The smallest absolute Gasteiger partial charge is 0.228 e. The zero-order valence-corrected chi connectivity index (χ0v) is 18.5. The van der Waals surface area contributed by atoms with Gasteiger partial charge in [0, 0.05) is 19.1 Å². The fourth-order valence-electron chi connectivity index (χ4n) is 5.64. The lowest BCUT2D eigenvalue weighted by Crippen LogP contribution is -2.43. The number of nitrogens with zero attached hydrogens (tertiary/aromatic N) is 1. The van der Waals surface area contributed by atoms with Crippen LogP contribution in [0.25, 0.3) is 0 Å². The molecule has 1 N–H and O–H groups in total. The average molecular weight is 405 g/mol. The molecule has 3 heteroatoms. The lowest BCUT2D eigenvalue weighted by molar-refractivity contribution is -0.124. The summed E-state index contributed by atoms with van der Waals surface area (Å²) in [6, 6.07) is 21.4. The largest absolute Gasteiger partial charge is 0.352 e. The van der Waals surface area contributed by atoms with E-state index in [0.29, 0.717) is 17.9 Å². The summed E-state index contributed by atoms with van der Waals surface area (Å²) < 4.78 is 0. The Hall–Kier alpha value is -2.13. The highest BCUT2D eigenvalue weighted by molar-refractivity contribution is 5.84. The Morgan fingerprint density at radius 3 is 2.40 bits per heavy atom. The van der Waals surface area contributed by atoms with Crippen molar-refractivity contribution in [1.82, 2.24) is 10.2 Å². The van der Waals surface area contributed by atoms with E-state index in [4.69, 9.17) is 0 Å². The van der Waals surface area contributed by atoms with Crippen molar-refractivity contribution in [3.63, 3.8) is 0 Å². The van der Waals surface area contributed by atoms with Crippen LogP contribution in [0.3, 0.4) is 0 Å². The number of benzene rings is 2. The minimum absolute atomic E-state index is 0.0615. The van der Waals surface area contributed by atoms with Crippen LogP contribution in [-0.2, 0) is 11.2 Å². The average Bonchev–Trinajstić information content (AvgIpc) is 3.31. The highest BCUT2D eigenvalue weighted by atomic mass is 16.2. The number of nitrogens with one attached hydrogen (secondary N) is 1. The molecule has 2 aliphatic rings. The number of hydrogen-bond donors (Lipinski definition) is 1. The zero-order chi connectivity index (χ0) is 20.9. The second-order valence-electron chi connectivity index (χ2n) is 9.60. The monoisotopic (exact) mass is 404 g/mol. The van der Waals surface area contributed by atoms with Gasteiger partial charge in [0.25, 0.3) is 0 Å². The number of amides is 1. The predicted octanol–water partition coefficient (Wildman–Crippen LogP) is 4.89. The standard InChI is InChI=1S/C27H36N2O/c1-20(2)26(22-13-7-4-8-14-22)27(30)28-25-16-15-23-18-29(19-24(23)25)17-9-12-21-10-5-3-6-11-21/h3-8,10-11,13-14,20,23-26H,9,12,15-19H2,1-2H3,(H,28,30)/t23-,24+,25+,26?/m1/s1. The Morgan fingerprint density at radius 2 is 1.70 bits per heavy atom. The molecule has 1 amide bonds. The summed E-state index contributed by atoms with van der Waals surface area (Å²) in [4.78, 5) is 15.8. The van der Waals surface area contributed by atoms with E-state index in [0.717, 1.165) is 30.9 Å². The van der Waals surface area contributed by atoms with Crippen molar-refractivity contribution in [2.45, 2.75) is 51.5 Å². The van der Waals surface area contributed by atoms with Crippen molar-refractivity contribution >= 4 is 5.91 Å². The fourth-order valence-corrected chi connectivity index (χ4v) is 5.64. The normalized spacial score (nSPS) is 24.7. The molecule has 2 aromatic rings. The topological polar surface area (TPSA) is 32.3 Å². The number of aryl methyl sites for hydroxylation is 1. The minimum atomic E-state index is -0.0615. The number of carbonyl (C=O) groups excluding carboxylic acids is 1. The third-order valence-electron chi connectivity index (χ3n) is 7.15. The van der Waals surface area contributed by atoms with Gasteiger partial charge in [0.1, 0.15) is 0 Å². The molecule has 4 rings (SSSR count). The second kappa shape index (κ2) is 9.78. The van der Waals surface area contributed by atoms with Crippen molar-refractivity contribution in [2.75, 3.05) is 19.6 Å². The molecule has 1 aliphatic carbocycles. The van der Waals surface area contributed by atoms with Crippen LogP contribution in [0.4, 0.5) is 0 Å². The van der Waals surface area contributed by atoms with Crippen molar-refractivity contribution in [1.29, 1.82) is 0 Å². The first-order valence-electron chi connectivity index (χ1n) is 11.7. The van der Waals surface area contributed by atoms with Gasteiger partial charge in [-0.1, -0.05) is 74.5 Å². The number of fused-ring (bicyclic) bond motifs is 1. The van der Waals surface area contributed by atoms with E-state index in [9.17, 15) is 4.79 Å². The van der Waals surface area contributed by atoms with Crippen LogP contribution >= 0.6 is 0 Å². The van der Waals surface area contributed by atoms with E-state index in [1.165, 1.54) is 31.5 Å². The fraction of sp³-hybridized carbons (Fsp3) is 0.519. The third kappa shape index (κ3) is 4.95. The van der Waals surface area contributed by atoms with E-state index in [1.54, 1.807) is 0 Å². The van der Waals surface area contributed by atoms with Crippen molar-refractivity contribution in [2.24, 2.45) is 17.8 Å². The van der Waals surface area contributed by atoms with Crippen LogP contribution in [0.5, 0.6) is 0 Å². The molecule has 0 spiro atoms. The molecule has 1 aliphatic heterocycles. The Morgan fingerprint density at radius 1 is 1.00 bits per heavy atom. The molecule has 160 valence electrons. The Bertz CT molecular complexity index is 804. The van der Waals surface area contributed by atoms with Gasteiger partial charge in [-0.25, -0.2) is 0 Å². The van der Waals surface area contributed by atoms with E-state index in [2.05, 4.69) is 66.5 Å². The summed E-state index contributed by atoms with van der Waals surface area (Å²) in [5.74, 6) is 1.82. The quantitative estimate of drug-likeness (QED) is 0.680. The molecule has 1 heterocycles. The van der Waals surface area contributed by atoms with Gasteiger partial charge in [0.05, 0.1) is 5.92 Å². The lowest BCUT2D eigenvalue weighted by Gasteiger charge is -2.26. The molecule has 0 aromatic heterocycles. The van der Waals surface area contributed by atoms with Gasteiger partial charge in [-0.3, -0.25) is 4.79 Å². The van der Waals surface area contributed by atoms with Gasteiger partial charge >= 0.3 is 0 Å². The molecular formula is C27H36N2O. The van der Waals surface area contributed by atoms with E-state index < -0.39 is 0 Å². The van der Waals surface area contributed by atoms with Crippen LogP contribution in [0, 0.1) is 17.8 Å². The van der Waals surface area contributed by atoms with Crippen LogP contribution in [0.15, 0.2) is 60.7 Å². The molecule has 30 heavy (non-hydrogen) atoms. The Kier molecular flexibility index (Phi) is 6.89. The van der Waals surface area contributed by atoms with Gasteiger partial charge in [-0.2, -0.15) is 0 Å². The van der Waals surface area contributed by atoms with Crippen LogP contribution in [0.2, 0.25) is 0 Å². The molecule has 4 atom stereocenters. The molecule has 3 nitrogen and oxygen atoms in total. The molecule has 1 unspecified atom stereocenters. The van der Waals surface area contributed by atoms with Crippen LogP contribution in [-0.4, -0.2) is 36.5 Å². The summed E-state index contributed by atoms with van der Waals surface area (Å²) in [5, 5.41) is 3.47. The highest BCUT2D eigenvalue weighted by Crippen LogP contribution is 2.39. The first kappa shape index (κ1) is 21.1. The molecule has 2 aromatic carbocycles. The van der Waals surface area contributed by atoms with E-state index in [-0.39, 0.29) is 11.8 Å². The van der Waals surface area contributed by atoms with Crippen LogP contribution < -0.4 is 5.32 Å². The Labute approximate surface area is 181 Å². The predicted molar refractivity (Wildman–Crippen MR) is 123 cm³/mol. The summed E-state index contributed by atoms with van der Waals surface area (Å²) in [6.07, 6.45) is 4.75. The number of rotatable bonds is 8. The molecular weight excluding hydrogens is 368 g/mol. The minimum Gasteiger partial charge on any atom is -0.352 e. The first-order chi connectivity index (χ1) is 14.6. The Balaban J connectivity index is 1.30. The molecule has 2 fully saturated rings. The molecule has 1 saturated carbocycles. The maximum atomic E-state index is 13.2. The number of carbonyl (C=O) groups is 1. The van der Waals surface area contributed by atoms with Gasteiger partial charge in [-0.15, -0.1) is 0 Å². The van der Waals surface area contributed by atoms with Crippen molar-refractivity contribution < 1.29 is 4.79 Å². The lowest BCUT2D eigenvalue weighted by atomic mass is 9.87. The van der Waals surface area contributed by atoms with E-state index >= 15 is 0 Å². The number of hydrogen-bond acceptors (Lipinski definition) is 2. The highest BCUT2D eigenvalue weighted by Gasteiger charge is 2.43. The maximum Gasteiger partial charge on any atom is 0.228 e. The van der Waals surface area contributed by atoms with Gasteiger partial charge in [0.15, 0.2) is 0 Å².